The summed E-state index contributed by atoms with van der Waals surface area (Å²) in [5.41, 5.74) is 9.04. The standard InChI is InChI=1S/C23H24F3N5O3.ClH/c24-23(25,26)34-15-3-1-14(2-4-15)22(32)31-10-6-13(7-11-31)16-5-9-28-20-18(16)29-21(30-20)19-17(27)8-12-33-19;/h1-5,9,13,17,19H,6-8,10-12,27H2,(H,28,29,30);1H/t17-,19+;/m0./s1. The molecule has 2 aliphatic heterocycles. The summed E-state index contributed by atoms with van der Waals surface area (Å²) in [7, 11) is 0. The van der Waals surface area contributed by atoms with Crippen molar-refractivity contribution in [3.05, 3.63) is 53.5 Å². The third-order valence-electron chi connectivity index (χ3n) is 6.41. The van der Waals surface area contributed by atoms with Gasteiger partial charge in [-0.25, -0.2) is 9.97 Å². The van der Waals surface area contributed by atoms with E-state index in [-0.39, 0.29) is 42.1 Å². The summed E-state index contributed by atoms with van der Waals surface area (Å²) in [5.74, 6) is 0.328. The fourth-order valence-corrected chi connectivity index (χ4v) is 4.69. The van der Waals surface area contributed by atoms with Gasteiger partial charge in [-0.1, -0.05) is 0 Å². The molecule has 0 unspecified atom stereocenters. The molecule has 188 valence electrons. The first-order chi connectivity index (χ1) is 16.3. The summed E-state index contributed by atoms with van der Waals surface area (Å²) >= 11 is 0. The molecule has 2 aromatic heterocycles. The Balaban J connectivity index is 0.00000289. The van der Waals surface area contributed by atoms with Crippen LogP contribution in [0.2, 0.25) is 0 Å². The lowest BCUT2D eigenvalue weighted by atomic mass is 9.89. The predicted octanol–water partition coefficient (Wildman–Crippen LogP) is 4.09. The van der Waals surface area contributed by atoms with E-state index in [0.29, 0.717) is 36.7 Å². The number of hydrogen-bond acceptors (Lipinski definition) is 6. The van der Waals surface area contributed by atoms with Gasteiger partial charge in [0.25, 0.3) is 5.91 Å². The van der Waals surface area contributed by atoms with Gasteiger partial charge in [0.1, 0.15) is 17.7 Å². The second-order valence-electron chi connectivity index (χ2n) is 8.60. The first-order valence-electron chi connectivity index (χ1n) is 11.2. The van der Waals surface area contributed by atoms with Crippen LogP contribution in [0.5, 0.6) is 5.75 Å². The van der Waals surface area contributed by atoms with Crippen molar-refractivity contribution < 1.29 is 27.4 Å². The van der Waals surface area contributed by atoms with E-state index in [1.165, 1.54) is 12.1 Å². The predicted molar refractivity (Wildman–Crippen MR) is 123 cm³/mol. The summed E-state index contributed by atoms with van der Waals surface area (Å²) in [6, 6.07) is 6.87. The number of nitrogens with two attached hydrogens (primary N) is 1. The van der Waals surface area contributed by atoms with Gasteiger partial charge in [-0.2, -0.15) is 0 Å². The Morgan fingerprint density at radius 2 is 1.86 bits per heavy atom. The number of alkyl halides is 3. The smallest absolute Gasteiger partial charge is 0.406 e. The van der Waals surface area contributed by atoms with Crippen molar-refractivity contribution in [3.63, 3.8) is 0 Å². The Labute approximate surface area is 205 Å². The average molecular weight is 512 g/mol. The molecule has 0 spiro atoms. The van der Waals surface area contributed by atoms with Gasteiger partial charge in [-0.05, 0) is 61.1 Å². The molecule has 4 heterocycles. The van der Waals surface area contributed by atoms with Crippen LogP contribution in [-0.4, -0.2) is 57.9 Å². The number of ether oxygens (including phenoxy) is 2. The second kappa shape index (κ2) is 10.00. The van der Waals surface area contributed by atoms with E-state index in [0.717, 1.165) is 42.5 Å². The molecule has 2 aliphatic rings. The Morgan fingerprint density at radius 1 is 1.14 bits per heavy atom. The van der Waals surface area contributed by atoms with Crippen molar-refractivity contribution in [1.29, 1.82) is 0 Å². The van der Waals surface area contributed by atoms with E-state index in [4.69, 9.17) is 10.5 Å². The average Bonchev–Trinajstić information content (AvgIpc) is 3.43. The van der Waals surface area contributed by atoms with Crippen molar-refractivity contribution in [1.82, 2.24) is 19.9 Å². The third-order valence-corrected chi connectivity index (χ3v) is 6.41. The number of rotatable bonds is 4. The lowest BCUT2D eigenvalue weighted by Gasteiger charge is -2.32. The van der Waals surface area contributed by atoms with Crippen LogP contribution >= 0.6 is 12.4 Å². The molecule has 8 nitrogen and oxygen atoms in total. The van der Waals surface area contributed by atoms with E-state index in [1.807, 2.05) is 6.07 Å². The number of aromatic nitrogens is 3. The lowest BCUT2D eigenvalue weighted by molar-refractivity contribution is -0.274. The van der Waals surface area contributed by atoms with Gasteiger partial charge < -0.3 is 25.1 Å². The van der Waals surface area contributed by atoms with Gasteiger partial charge in [0.05, 0.1) is 5.52 Å². The minimum absolute atomic E-state index is 0. The van der Waals surface area contributed by atoms with Crippen LogP contribution in [-0.2, 0) is 4.74 Å². The van der Waals surface area contributed by atoms with Gasteiger partial charge in [-0.15, -0.1) is 25.6 Å². The number of carbonyl (C=O) groups is 1. The number of hydrogen-bond donors (Lipinski definition) is 2. The molecule has 3 N–H and O–H groups in total. The van der Waals surface area contributed by atoms with E-state index >= 15 is 0 Å². The summed E-state index contributed by atoms with van der Waals surface area (Å²) in [4.78, 5) is 26.9. The number of aromatic amines is 1. The summed E-state index contributed by atoms with van der Waals surface area (Å²) in [6.07, 6.45) is -1.03. The number of pyridine rings is 1. The monoisotopic (exact) mass is 511 g/mol. The molecule has 3 aromatic rings. The quantitative estimate of drug-likeness (QED) is 0.546. The van der Waals surface area contributed by atoms with Gasteiger partial charge >= 0.3 is 6.36 Å². The number of halogens is 4. The summed E-state index contributed by atoms with van der Waals surface area (Å²) in [6.45, 7) is 1.67. The van der Waals surface area contributed by atoms with E-state index in [9.17, 15) is 18.0 Å². The fraction of sp³-hybridized carbons (Fsp3) is 0.435. The van der Waals surface area contributed by atoms with Crippen molar-refractivity contribution in [2.24, 2.45) is 5.73 Å². The molecular weight excluding hydrogens is 487 g/mol. The van der Waals surface area contributed by atoms with Crippen molar-refractivity contribution in [2.75, 3.05) is 19.7 Å². The highest BCUT2D eigenvalue weighted by Crippen LogP contribution is 2.34. The van der Waals surface area contributed by atoms with Crippen LogP contribution in [0.4, 0.5) is 13.2 Å². The van der Waals surface area contributed by atoms with Crippen LogP contribution in [0.3, 0.4) is 0 Å². The van der Waals surface area contributed by atoms with Crippen LogP contribution in [0, 0.1) is 0 Å². The number of fused-ring (bicyclic) bond motifs is 1. The number of piperidine rings is 1. The number of amides is 1. The van der Waals surface area contributed by atoms with E-state index in [2.05, 4.69) is 19.7 Å². The molecule has 2 saturated heterocycles. The topological polar surface area (TPSA) is 106 Å². The zero-order valence-corrected chi connectivity index (χ0v) is 19.4. The number of nitrogens with one attached hydrogen (secondary N) is 1. The maximum absolute atomic E-state index is 12.8. The molecule has 12 heteroatoms. The molecular formula is C23H25ClF3N5O3. The number of nitrogens with zero attached hydrogens (tertiary/aromatic N) is 3. The molecule has 35 heavy (non-hydrogen) atoms. The third kappa shape index (κ3) is 5.36. The van der Waals surface area contributed by atoms with Gasteiger partial charge in [0.15, 0.2) is 5.65 Å². The Morgan fingerprint density at radius 3 is 2.49 bits per heavy atom. The minimum Gasteiger partial charge on any atom is -0.406 e. The van der Waals surface area contributed by atoms with Crippen LogP contribution in [0.25, 0.3) is 11.2 Å². The molecule has 2 atom stereocenters. The van der Waals surface area contributed by atoms with Crippen molar-refractivity contribution in [3.8, 4) is 5.75 Å². The van der Waals surface area contributed by atoms with E-state index in [1.54, 1.807) is 11.1 Å². The molecule has 5 rings (SSSR count). The van der Waals surface area contributed by atoms with Gasteiger partial charge in [0.2, 0.25) is 0 Å². The SMILES string of the molecule is Cl.N[C@H]1CCO[C@H]1c1nc2nccc(C3CCN(C(=O)c4ccc(OC(F)(F)F)cc4)CC3)c2[nH]1. The highest BCUT2D eigenvalue weighted by atomic mass is 35.5. The highest BCUT2D eigenvalue weighted by Gasteiger charge is 2.32. The molecule has 0 bridgehead atoms. The lowest BCUT2D eigenvalue weighted by Crippen LogP contribution is -2.38. The number of carbonyl (C=O) groups excluding carboxylic acids is 1. The zero-order valence-electron chi connectivity index (χ0n) is 18.6. The molecule has 1 amide bonds. The molecule has 1 aromatic carbocycles. The Bertz CT molecular complexity index is 1180. The molecule has 0 aliphatic carbocycles. The molecule has 0 radical (unpaired) electrons. The van der Waals surface area contributed by atoms with Gasteiger partial charge in [0, 0.05) is 37.5 Å². The minimum atomic E-state index is -4.77. The summed E-state index contributed by atoms with van der Waals surface area (Å²) < 4.78 is 46.6. The van der Waals surface area contributed by atoms with Crippen molar-refractivity contribution in [2.45, 2.75) is 43.7 Å². The van der Waals surface area contributed by atoms with Crippen molar-refractivity contribution >= 4 is 29.5 Å². The number of imidazole rings is 1. The Hall–Kier alpha value is -2.89. The van der Waals surface area contributed by atoms with Crippen LogP contribution in [0.1, 0.15) is 53.0 Å². The maximum Gasteiger partial charge on any atom is 0.573 e. The fourth-order valence-electron chi connectivity index (χ4n) is 4.69. The number of benzene rings is 1. The Kier molecular flexibility index (Phi) is 7.20. The molecule has 0 saturated carbocycles. The number of likely N-dealkylation sites (tertiary alicyclic amines) is 1. The highest BCUT2D eigenvalue weighted by molar-refractivity contribution is 5.94. The first kappa shape index (κ1) is 25.2. The molecule has 2 fully saturated rings. The normalized spacial score (nSPS) is 21.2. The van der Waals surface area contributed by atoms with E-state index < -0.39 is 6.36 Å². The number of H-pyrrole nitrogens is 1. The second-order valence-corrected chi connectivity index (χ2v) is 8.60. The largest absolute Gasteiger partial charge is 0.573 e. The van der Waals surface area contributed by atoms with Crippen LogP contribution in [0.15, 0.2) is 36.5 Å². The maximum atomic E-state index is 12.8. The van der Waals surface area contributed by atoms with Gasteiger partial charge in [-0.3, -0.25) is 4.79 Å². The summed E-state index contributed by atoms with van der Waals surface area (Å²) in [5, 5.41) is 0. The first-order valence-corrected chi connectivity index (χ1v) is 11.2. The van der Waals surface area contributed by atoms with Crippen LogP contribution < -0.4 is 10.5 Å². The zero-order chi connectivity index (χ0) is 23.9.